The summed E-state index contributed by atoms with van der Waals surface area (Å²) in [5, 5.41) is 12.6. The summed E-state index contributed by atoms with van der Waals surface area (Å²) in [6.45, 7) is 0. The van der Waals surface area contributed by atoms with Crippen LogP contribution in [0.2, 0.25) is 0 Å². The van der Waals surface area contributed by atoms with Gasteiger partial charge in [-0.15, -0.1) is 5.10 Å². The summed E-state index contributed by atoms with van der Waals surface area (Å²) in [7, 11) is 3.64. The van der Waals surface area contributed by atoms with Crippen LogP contribution in [0.3, 0.4) is 0 Å². The molecule has 1 amide bonds. The van der Waals surface area contributed by atoms with Crippen molar-refractivity contribution >= 4 is 40.0 Å². The molecule has 1 aliphatic rings. The highest BCUT2D eigenvalue weighted by Crippen LogP contribution is 2.24. The number of nitrogens with zero attached hydrogens (tertiary/aromatic N) is 3. The van der Waals surface area contributed by atoms with E-state index in [0.717, 1.165) is 27.8 Å². The van der Waals surface area contributed by atoms with Gasteiger partial charge in [0.2, 0.25) is 5.91 Å². The highest BCUT2D eigenvalue weighted by atomic mass is 32.2. The molecule has 7 heteroatoms. The third-order valence-electron chi connectivity index (χ3n) is 4.63. The van der Waals surface area contributed by atoms with Gasteiger partial charge in [0.1, 0.15) is 5.75 Å². The summed E-state index contributed by atoms with van der Waals surface area (Å²) in [5.41, 5.74) is 3.21. The van der Waals surface area contributed by atoms with Crippen molar-refractivity contribution in [2.75, 3.05) is 7.11 Å². The molecule has 1 aliphatic heterocycles. The van der Waals surface area contributed by atoms with Crippen LogP contribution < -0.4 is 10.1 Å². The summed E-state index contributed by atoms with van der Waals surface area (Å²) in [5.74, 6) is 0.761. The molecule has 2 heterocycles. The van der Waals surface area contributed by atoms with Gasteiger partial charge in [-0.3, -0.25) is 4.79 Å². The van der Waals surface area contributed by atoms with Crippen LogP contribution >= 0.6 is 11.8 Å². The number of rotatable bonds is 5. The maximum absolute atomic E-state index is 12.2. The number of nitrogens with one attached hydrogen (secondary N) is 1. The van der Waals surface area contributed by atoms with E-state index >= 15 is 0 Å². The standard InChI is InChI=1S/C21H20N4O2S/c1-25-13-15(17-5-3-4-6-18(17)25)12-22-24-21-23-20(26)19(28-21)11-14-7-9-16(27-2)10-8-14/h3-10,12-13,19H,11H2,1-2H3,(H,23,24,26). The minimum Gasteiger partial charge on any atom is -0.497 e. The summed E-state index contributed by atoms with van der Waals surface area (Å²) < 4.78 is 7.22. The second-order valence-electron chi connectivity index (χ2n) is 6.51. The Morgan fingerprint density at radius 2 is 2.00 bits per heavy atom. The molecule has 0 bridgehead atoms. The molecule has 0 aliphatic carbocycles. The first-order valence-electron chi connectivity index (χ1n) is 8.89. The summed E-state index contributed by atoms with van der Waals surface area (Å²) in [6, 6.07) is 15.9. The molecule has 28 heavy (non-hydrogen) atoms. The minimum absolute atomic E-state index is 0.0417. The van der Waals surface area contributed by atoms with Crippen LogP contribution in [-0.4, -0.2) is 34.2 Å². The molecule has 1 fully saturated rings. The number of fused-ring (bicyclic) bond motifs is 1. The molecule has 0 spiro atoms. The second-order valence-corrected chi connectivity index (χ2v) is 7.70. The van der Waals surface area contributed by atoms with Gasteiger partial charge < -0.3 is 14.6 Å². The van der Waals surface area contributed by atoms with Crippen molar-refractivity contribution < 1.29 is 9.53 Å². The number of carbonyl (C=O) groups excluding carboxylic acids is 1. The molecule has 4 rings (SSSR count). The molecule has 1 unspecified atom stereocenters. The van der Waals surface area contributed by atoms with E-state index in [1.54, 1.807) is 13.3 Å². The van der Waals surface area contributed by atoms with Crippen LogP contribution in [0.1, 0.15) is 11.1 Å². The number of amidine groups is 1. The normalized spacial score (nSPS) is 18.3. The van der Waals surface area contributed by atoms with Crippen LogP contribution in [-0.2, 0) is 18.3 Å². The fourth-order valence-electron chi connectivity index (χ4n) is 3.18. The van der Waals surface area contributed by atoms with Crippen molar-refractivity contribution in [3.05, 3.63) is 65.9 Å². The first kappa shape index (κ1) is 18.3. The quantitative estimate of drug-likeness (QED) is 0.535. The van der Waals surface area contributed by atoms with E-state index in [1.807, 2.05) is 49.6 Å². The average Bonchev–Trinajstić information content (AvgIpc) is 3.22. The Bertz CT molecular complexity index is 1070. The van der Waals surface area contributed by atoms with Crippen molar-refractivity contribution in [1.82, 2.24) is 9.88 Å². The van der Waals surface area contributed by atoms with Crippen LogP contribution in [0.15, 0.2) is 64.9 Å². The molecule has 3 aromatic rings. The number of para-hydroxylation sites is 1. The van der Waals surface area contributed by atoms with E-state index < -0.39 is 0 Å². The first-order chi connectivity index (χ1) is 13.6. The zero-order valence-corrected chi connectivity index (χ0v) is 16.4. The number of aromatic nitrogens is 1. The molecule has 6 nitrogen and oxygen atoms in total. The fraction of sp³-hybridized carbons (Fsp3) is 0.190. The van der Waals surface area contributed by atoms with Gasteiger partial charge in [0.25, 0.3) is 0 Å². The Morgan fingerprint density at radius 3 is 2.79 bits per heavy atom. The van der Waals surface area contributed by atoms with Gasteiger partial charge in [-0.1, -0.05) is 42.1 Å². The zero-order chi connectivity index (χ0) is 19.5. The number of amides is 1. The van der Waals surface area contributed by atoms with Gasteiger partial charge in [0.05, 0.1) is 18.6 Å². The molecule has 0 radical (unpaired) electrons. The van der Waals surface area contributed by atoms with Gasteiger partial charge >= 0.3 is 0 Å². The number of benzene rings is 2. The third kappa shape index (κ3) is 3.80. The predicted molar refractivity (Wildman–Crippen MR) is 114 cm³/mol. The molecule has 1 aromatic heterocycles. The number of hydrogen-bond donors (Lipinski definition) is 1. The van der Waals surface area contributed by atoms with Crippen LogP contribution in [0.4, 0.5) is 0 Å². The largest absolute Gasteiger partial charge is 0.497 e. The Labute approximate surface area is 167 Å². The van der Waals surface area contributed by atoms with Gasteiger partial charge in [-0.05, 0) is 30.2 Å². The summed E-state index contributed by atoms with van der Waals surface area (Å²) >= 11 is 1.41. The maximum Gasteiger partial charge on any atom is 0.239 e. The smallest absolute Gasteiger partial charge is 0.239 e. The molecule has 142 valence electrons. The van der Waals surface area contributed by atoms with Crippen molar-refractivity contribution in [2.24, 2.45) is 17.3 Å². The van der Waals surface area contributed by atoms with Gasteiger partial charge in [-0.2, -0.15) is 5.10 Å². The Balaban J connectivity index is 1.44. The molecule has 2 aromatic carbocycles. The number of ether oxygens (including phenoxy) is 1. The van der Waals surface area contributed by atoms with Crippen LogP contribution in [0, 0.1) is 0 Å². The second kappa shape index (κ2) is 7.90. The lowest BCUT2D eigenvalue weighted by molar-refractivity contribution is -0.118. The molecular weight excluding hydrogens is 372 g/mol. The number of methoxy groups -OCH3 is 1. The van der Waals surface area contributed by atoms with Crippen molar-refractivity contribution in [3.63, 3.8) is 0 Å². The summed E-state index contributed by atoms with van der Waals surface area (Å²) in [6.07, 6.45) is 4.37. The SMILES string of the molecule is COc1ccc(CC2S/C(=N\N=Cc3cn(C)c4ccccc34)NC2=O)cc1. The maximum atomic E-state index is 12.2. The summed E-state index contributed by atoms with van der Waals surface area (Å²) in [4.78, 5) is 12.2. The number of aryl methyl sites for hydroxylation is 1. The van der Waals surface area contributed by atoms with E-state index in [9.17, 15) is 4.79 Å². The molecule has 1 saturated heterocycles. The van der Waals surface area contributed by atoms with Gasteiger partial charge in [0, 0.05) is 29.7 Å². The van der Waals surface area contributed by atoms with E-state index in [1.165, 1.54) is 11.8 Å². The molecule has 0 saturated carbocycles. The van der Waals surface area contributed by atoms with Crippen LogP contribution in [0.5, 0.6) is 5.75 Å². The Kier molecular flexibility index (Phi) is 5.16. The van der Waals surface area contributed by atoms with E-state index in [4.69, 9.17) is 4.74 Å². The zero-order valence-electron chi connectivity index (χ0n) is 15.6. The first-order valence-corrected chi connectivity index (χ1v) is 9.77. The number of carbonyl (C=O) groups is 1. The predicted octanol–water partition coefficient (Wildman–Crippen LogP) is 3.35. The number of hydrogen-bond acceptors (Lipinski definition) is 5. The molecular formula is C21H20N4O2S. The Morgan fingerprint density at radius 1 is 1.21 bits per heavy atom. The monoisotopic (exact) mass is 392 g/mol. The lowest BCUT2D eigenvalue weighted by Crippen LogP contribution is -2.25. The average molecular weight is 392 g/mol. The van der Waals surface area contributed by atoms with Gasteiger partial charge in [0.15, 0.2) is 5.17 Å². The van der Waals surface area contributed by atoms with Crippen LogP contribution in [0.25, 0.3) is 10.9 Å². The lowest BCUT2D eigenvalue weighted by Gasteiger charge is -2.06. The highest BCUT2D eigenvalue weighted by Gasteiger charge is 2.30. The molecule has 1 N–H and O–H groups in total. The van der Waals surface area contributed by atoms with Crippen molar-refractivity contribution in [3.8, 4) is 5.75 Å². The third-order valence-corrected chi connectivity index (χ3v) is 5.70. The van der Waals surface area contributed by atoms with Crippen molar-refractivity contribution in [1.29, 1.82) is 0 Å². The minimum atomic E-state index is -0.208. The van der Waals surface area contributed by atoms with Crippen molar-refractivity contribution in [2.45, 2.75) is 11.7 Å². The lowest BCUT2D eigenvalue weighted by atomic mass is 10.1. The molecule has 1 atom stereocenters. The fourth-order valence-corrected chi connectivity index (χ4v) is 4.15. The van der Waals surface area contributed by atoms with Gasteiger partial charge in [-0.25, -0.2) is 0 Å². The number of thioether (sulfide) groups is 1. The van der Waals surface area contributed by atoms with E-state index in [-0.39, 0.29) is 11.2 Å². The van der Waals surface area contributed by atoms with E-state index in [0.29, 0.717) is 11.6 Å². The Hall–Kier alpha value is -3.06. The topological polar surface area (TPSA) is 68.0 Å². The van der Waals surface area contributed by atoms with E-state index in [2.05, 4.69) is 32.2 Å². The highest BCUT2D eigenvalue weighted by molar-refractivity contribution is 8.15.